The van der Waals surface area contributed by atoms with Gasteiger partial charge in [-0.05, 0) is 48.7 Å². The van der Waals surface area contributed by atoms with Crippen molar-refractivity contribution in [2.75, 3.05) is 26.2 Å². The number of hydrogen-bond acceptors (Lipinski definition) is 7. The first-order valence-corrected chi connectivity index (χ1v) is 11.9. The molecule has 1 fully saturated rings. The number of halogens is 4. The quantitative estimate of drug-likeness (QED) is 0.357. The van der Waals surface area contributed by atoms with Crippen LogP contribution in [0.15, 0.2) is 59.1 Å². The van der Waals surface area contributed by atoms with Gasteiger partial charge >= 0.3 is 12.1 Å². The van der Waals surface area contributed by atoms with Gasteiger partial charge in [0.05, 0.1) is 13.2 Å². The highest BCUT2D eigenvalue weighted by Gasteiger charge is 2.38. The summed E-state index contributed by atoms with van der Waals surface area (Å²) >= 11 is 5.88. The average Bonchev–Trinajstić information content (AvgIpc) is 3.51. The van der Waals surface area contributed by atoms with Crippen LogP contribution in [0.25, 0.3) is 0 Å². The van der Waals surface area contributed by atoms with E-state index < -0.39 is 12.1 Å². The topological polar surface area (TPSA) is 97.9 Å². The van der Waals surface area contributed by atoms with E-state index in [-0.39, 0.29) is 6.61 Å². The van der Waals surface area contributed by atoms with Crippen LogP contribution in [0, 0.1) is 5.92 Å². The van der Waals surface area contributed by atoms with Gasteiger partial charge in [0.25, 0.3) is 0 Å². The summed E-state index contributed by atoms with van der Waals surface area (Å²) in [5.74, 6) is -0.259. The molecule has 2 heterocycles. The largest absolute Gasteiger partial charge is 0.490 e. The number of rotatable bonds is 10. The fourth-order valence-corrected chi connectivity index (χ4v) is 3.72. The minimum Gasteiger partial charge on any atom is -0.485 e. The van der Waals surface area contributed by atoms with E-state index in [1.54, 1.807) is 12.1 Å². The molecule has 1 atom stereocenters. The molecule has 0 spiro atoms. The Morgan fingerprint density at radius 2 is 1.84 bits per heavy atom. The third-order valence-corrected chi connectivity index (χ3v) is 5.68. The summed E-state index contributed by atoms with van der Waals surface area (Å²) in [4.78, 5) is 15.8. The van der Waals surface area contributed by atoms with Crippen LogP contribution in [-0.2, 0) is 29.2 Å². The fourth-order valence-electron chi connectivity index (χ4n) is 3.60. The molecule has 3 aromatic rings. The zero-order chi connectivity index (χ0) is 26.7. The second kappa shape index (κ2) is 14.0. The van der Waals surface area contributed by atoms with Crippen molar-refractivity contribution in [1.82, 2.24) is 15.0 Å². The number of carboxylic acid groups (broad SMARTS) is 1. The number of alkyl halides is 3. The third kappa shape index (κ3) is 10.4. The number of carboxylic acids is 1. The Balaban J connectivity index is 0.000000479. The van der Waals surface area contributed by atoms with Gasteiger partial charge in [0.15, 0.2) is 6.61 Å². The summed E-state index contributed by atoms with van der Waals surface area (Å²) in [6, 6.07) is 17.5. The van der Waals surface area contributed by atoms with Gasteiger partial charge in [-0.15, -0.1) is 0 Å². The van der Waals surface area contributed by atoms with Crippen LogP contribution in [0.2, 0.25) is 5.02 Å². The first kappa shape index (κ1) is 28.4. The second-order valence-electron chi connectivity index (χ2n) is 8.35. The van der Waals surface area contributed by atoms with Crippen LogP contribution in [0.3, 0.4) is 0 Å². The molecule has 37 heavy (non-hydrogen) atoms. The van der Waals surface area contributed by atoms with Gasteiger partial charge in [-0.3, -0.25) is 0 Å². The van der Waals surface area contributed by atoms with Crippen molar-refractivity contribution < 1.29 is 37.1 Å². The molecule has 0 bridgehead atoms. The second-order valence-corrected chi connectivity index (χ2v) is 8.78. The summed E-state index contributed by atoms with van der Waals surface area (Å²) in [6.07, 6.45) is -3.15. The normalized spacial score (nSPS) is 15.7. The van der Waals surface area contributed by atoms with Crippen molar-refractivity contribution in [1.29, 1.82) is 0 Å². The van der Waals surface area contributed by atoms with Crippen LogP contribution < -0.4 is 4.74 Å². The standard InChI is InChI=1S/C23H26ClN3O3.C2HF3O2/c24-20-6-8-21(9-7-20)29-17-22-25-23(30-26-22)14-19-10-11-27(15-19)12-13-28-16-18-4-2-1-3-5-18;3-2(4,5)1(6)7/h1-9,19H,10-17H2;(H,6,7). The van der Waals surface area contributed by atoms with Gasteiger partial charge in [0.2, 0.25) is 11.7 Å². The lowest BCUT2D eigenvalue weighted by Crippen LogP contribution is -2.25. The molecule has 0 radical (unpaired) electrons. The maximum Gasteiger partial charge on any atom is 0.490 e. The van der Waals surface area contributed by atoms with Crippen LogP contribution in [0.5, 0.6) is 5.75 Å². The summed E-state index contributed by atoms with van der Waals surface area (Å²) in [7, 11) is 0. The predicted molar refractivity (Wildman–Crippen MR) is 128 cm³/mol. The lowest BCUT2D eigenvalue weighted by Gasteiger charge is -2.15. The van der Waals surface area contributed by atoms with E-state index in [0.717, 1.165) is 44.8 Å². The molecule has 8 nitrogen and oxygen atoms in total. The first-order valence-electron chi connectivity index (χ1n) is 11.5. The van der Waals surface area contributed by atoms with E-state index in [4.69, 9.17) is 35.5 Å². The number of nitrogens with zero attached hydrogens (tertiary/aromatic N) is 3. The van der Waals surface area contributed by atoms with E-state index in [1.165, 1.54) is 5.56 Å². The molecule has 12 heteroatoms. The Kier molecular flexibility index (Phi) is 10.7. The minimum absolute atomic E-state index is 0.278. The molecule has 1 aliphatic rings. The molecule has 2 aromatic carbocycles. The molecule has 200 valence electrons. The molecule has 0 aliphatic carbocycles. The van der Waals surface area contributed by atoms with Crippen LogP contribution in [0.4, 0.5) is 13.2 Å². The van der Waals surface area contributed by atoms with Crippen molar-refractivity contribution in [3.8, 4) is 5.75 Å². The summed E-state index contributed by atoms with van der Waals surface area (Å²) < 4.78 is 48.6. The Morgan fingerprint density at radius 3 is 2.51 bits per heavy atom. The fraction of sp³-hybridized carbons (Fsp3) is 0.400. The summed E-state index contributed by atoms with van der Waals surface area (Å²) in [6.45, 7) is 4.76. The highest BCUT2D eigenvalue weighted by molar-refractivity contribution is 6.30. The van der Waals surface area contributed by atoms with Gasteiger partial charge in [-0.1, -0.05) is 47.1 Å². The van der Waals surface area contributed by atoms with Gasteiger partial charge in [0.1, 0.15) is 5.75 Å². The number of hydrogen-bond donors (Lipinski definition) is 1. The van der Waals surface area contributed by atoms with E-state index in [1.807, 2.05) is 30.3 Å². The molecule has 1 saturated heterocycles. The van der Waals surface area contributed by atoms with E-state index in [2.05, 4.69) is 27.2 Å². The SMILES string of the molecule is Clc1ccc(OCc2noc(CC3CCN(CCOCc4ccccc4)C3)n2)cc1.O=C(O)C(F)(F)F. The van der Waals surface area contributed by atoms with Crippen molar-refractivity contribution in [2.45, 2.75) is 32.2 Å². The van der Waals surface area contributed by atoms with Gasteiger partial charge < -0.3 is 24.0 Å². The van der Waals surface area contributed by atoms with Gasteiger partial charge in [-0.25, -0.2) is 4.79 Å². The van der Waals surface area contributed by atoms with E-state index in [9.17, 15) is 13.2 Å². The lowest BCUT2D eigenvalue weighted by molar-refractivity contribution is -0.192. The Morgan fingerprint density at radius 1 is 1.14 bits per heavy atom. The van der Waals surface area contributed by atoms with Crippen molar-refractivity contribution in [3.63, 3.8) is 0 Å². The van der Waals surface area contributed by atoms with Crippen molar-refractivity contribution in [3.05, 3.63) is 76.9 Å². The third-order valence-electron chi connectivity index (χ3n) is 5.43. The van der Waals surface area contributed by atoms with Crippen molar-refractivity contribution in [2.24, 2.45) is 5.92 Å². The molecular weight excluding hydrogens is 515 g/mol. The minimum atomic E-state index is -5.08. The smallest absolute Gasteiger partial charge is 0.485 e. The lowest BCUT2D eigenvalue weighted by atomic mass is 10.1. The molecule has 4 rings (SSSR count). The van der Waals surface area contributed by atoms with Crippen LogP contribution in [-0.4, -0.2) is 58.5 Å². The Hall–Kier alpha value is -3.15. The van der Waals surface area contributed by atoms with Gasteiger partial charge in [-0.2, -0.15) is 18.2 Å². The molecule has 0 saturated carbocycles. The zero-order valence-corrected chi connectivity index (χ0v) is 20.6. The molecule has 0 amide bonds. The average molecular weight is 542 g/mol. The number of aromatic nitrogens is 2. The molecular formula is C25H27ClF3N3O5. The van der Waals surface area contributed by atoms with Crippen LogP contribution in [0.1, 0.15) is 23.7 Å². The number of ether oxygens (including phenoxy) is 2. The molecule has 1 N–H and O–H groups in total. The molecule has 1 aliphatic heterocycles. The van der Waals surface area contributed by atoms with E-state index >= 15 is 0 Å². The zero-order valence-electron chi connectivity index (χ0n) is 19.9. The first-order chi connectivity index (χ1) is 17.7. The number of likely N-dealkylation sites (tertiary alicyclic amines) is 1. The number of aliphatic carboxylic acids is 1. The van der Waals surface area contributed by atoms with Crippen LogP contribution >= 0.6 is 11.6 Å². The summed E-state index contributed by atoms with van der Waals surface area (Å²) in [5, 5.41) is 11.8. The van der Waals surface area contributed by atoms with E-state index in [0.29, 0.717) is 29.3 Å². The van der Waals surface area contributed by atoms with Crippen molar-refractivity contribution >= 4 is 17.6 Å². The number of benzene rings is 2. The Bertz CT molecular complexity index is 1100. The Labute approximate surface area is 216 Å². The molecule has 1 aromatic heterocycles. The molecule has 1 unspecified atom stereocenters. The highest BCUT2D eigenvalue weighted by atomic mass is 35.5. The number of carbonyl (C=O) groups is 1. The monoisotopic (exact) mass is 541 g/mol. The predicted octanol–water partition coefficient (Wildman–Crippen LogP) is 5.02. The highest BCUT2D eigenvalue weighted by Crippen LogP contribution is 2.21. The van der Waals surface area contributed by atoms with Gasteiger partial charge in [0, 0.05) is 24.5 Å². The maximum atomic E-state index is 10.6. The summed E-state index contributed by atoms with van der Waals surface area (Å²) in [5.41, 5.74) is 1.21. The maximum absolute atomic E-state index is 10.6.